The molecule has 0 saturated heterocycles. The quantitative estimate of drug-likeness (QED) is 0.455. The van der Waals surface area contributed by atoms with Gasteiger partial charge in [-0.3, -0.25) is 20.0 Å². The molecule has 7 nitrogen and oxygen atoms in total. The van der Waals surface area contributed by atoms with Gasteiger partial charge >= 0.3 is 0 Å². The SMILES string of the molecule is O=C(NO)c1cc(C(=O)NO)c2ccccc2n1. The molecule has 0 bridgehead atoms. The summed E-state index contributed by atoms with van der Waals surface area (Å²) in [6, 6.07) is 7.81. The molecule has 1 aromatic heterocycles. The van der Waals surface area contributed by atoms with E-state index in [0.717, 1.165) is 0 Å². The van der Waals surface area contributed by atoms with Gasteiger partial charge in [-0.15, -0.1) is 0 Å². The lowest BCUT2D eigenvalue weighted by Crippen LogP contribution is -2.23. The third-order valence-corrected chi connectivity index (χ3v) is 2.40. The summed E-state index contributed by atoms with van der Waals surface area (Å²) in [5.74, 6) is -1.60. The molecule has 0 unspecified atom stereocenters. The van der Waals surface area contributed by atoms with E-state index >= 15 is 0 Å². The molecule has 2 amide bonds. The largest absolute Gasteiger partial charge is 0.293 e. The van der Waals surface area contributed by atoms with Crippen molar-refractivity contribution < 1.29 is 20.0 Å². The van der Waals surface area contributed by atoms with Crippen LogP contribution in [0.1, 0.15) is 20.8 Å². The lowest BCUT2D eigenvalue weighted by molar-refractivity contribution is 0.0699. The Kier molecular flexibility index (Phi) is 3.18. The van der Waals surface area contributed by atoms with Crippen molar-refractivity contribution in [3.8, 4) is 0 Å². The van der Waals surface area contributed by atoms with E-state index in [1.165, 1.54) is 17.0 Å². The van der Waals surface area contributed by atoms with Gasteiger partial charge in [0.2, 0.25) is 0 Å². The number of carbonyl (C=O) groups is 2. The maximum atomic E-state index is 11.5. The molecule has 0 radical (unpaired) electrons. The van der Waals surface area contributed by atoms with Gasteiger partial charge in [0.1, 0.15) is 5.69 Å². The van der Waals surface area contributed by atoms with Crippen LogP contribution in [0.2, 0.25) is 0 Å². The second kappa shape index (κ2) is 4.78. The van der Waals surface area contributed by atoms with Gasteiger partial charge in [0.15, 0.2) is 0 Å². The third kappa shape index (κ3) is 1.99. The van der Waals surface area contributed by atoms with E-state index in [-0.39, 0.29) is 11.3 Å². The standard InChI is InChI=1S/C11H9N3O4/c15-10(13-17)7-5-9(11(16)14-18)12-8-4-2-1-3-6(7)8/h1-5,17-18H,(H,13,15)(H,14,16). The molecule has 0 aliphatic heterocycles. The number of benzene rings is 1. The van der Waals surface area contributed by atoms with Crippen LogP contribution in [0.25, 0.3) is 10.9 Å². The Labute approximate surface area is 101 Å². The Hall–Kier alpha value is -2.51. The van der Waals surface area contributed by atoms with Crippen LogP contribution < -0.4 is 11.0 Å². The number of fused-ring (bicyclic) bond motifs is 1. The fourth-order valence-corrected chi connectivity index (χ4v) is 1.60. The van der Waals surface area contributed by atoms with Crippen LogP contribution in [-0.2, 0) is 0 Å². The zero-order chi connectivity index (χ0) is 13.1. The highest BCUT2D eigenvalue weighted by Crippen LogP contribution is 2.18. The molecular weight excluding hydrogens is 238 g/mol. The smallest absolute Gasteiger partial charge is 0.288 e. The van der Waals surface area contributed by atoms with E-state index in [4.69, 9.17) is 10.4 Å². The van der Waals surface area contributed by atoms with E-state index in [1.54, 1.807) is 24.3 Å². The van der Waals surface area contributed by atoms with Gasteiger partial charge in [0, 0.05) is 5.39 Å². The Balaban J connectivity index is 2.72. The van der Waals surface area contributed by atoms with Crippen LogP contribution in [0.5, 0.6) is 0 Å². The lowest BCUT2D eigenvalue weighted by Gasteiger charge is -2.06. The minimum Gasteiger partial charge on any atom is -0.288 e. The number of hydroxylamine groups is 2. The van der Waals surface area contributed by atoms with Gasteiger partial charge < -0.3 is 0 Å². The molecule has 92 valence electrons. The van der Waals surface area contributed by atoms with Crippen molar-refractivity contribution in [2.45, 2.75) is 0 Å². The highest BCUT2D eigenvalue weighted by atomic mass is 16.5. The minimum absolute atomic E-state index is 0.0849. The van der Waals surface area contributed by atoms with Crippen LogP contribution in [0.3, 0.4) is 0 Å². The number of para-hydroxylation sites is 1. The van der Waals surface area contributed by atoms with Crippen molar-refractivity contribution in [2.24, 2.45) is 0 Å². The first-order valence-corrected chi connectivity index (χ1v) is 4.96. The zero-order valence-corrected chi connectivity index (χ0v) is 9.04. The summed E-state index contributed by atoms with van der Waals surface area (Å²) < 4.78 is 0. The molecule has 0 fully saturated rings. The maximum absolute atomic E-state index is 11.5. The Morgan fingerprint density at radius 3 is 2.39 bits per heavy atom. The summed E-state index contributed by atoms with van der Waals surface area (Å²) in [5, 5.41) is 17.7. The number of nitrogens with zero attached hydrogens (tertiary/aromatic N) is 1. The van der Waals surface area contributed by atoms with E-state index in [2.05, 4.69) is 4.98 Å². The summed E-state index contributed by atoms with van der Waals surface area (Å²) in [6.45, 7) is 0. The number of hydrogen-bond donors (Lipinski definition) is 4. The molecule has 7 heteroatoms. The van der Waals surface area contributed by atoms with Gasteiger partial charge in [-0.25, -0.2) is 15.9 Å². The van der Waals surface area contributed by atoms with Crippen LogP contribution in [-0.4, -0.2) is 27.2 Å². The molecule has 0 saturated carbocycles. The summed E-state index contributed by atoms with van der Waals surface area (Å²) >= 11 is 0. The van der Waals surface area contributed by atoms with Crippen LogP contribution in [0.4, 0.5) is 0 Å². The fraction of sp³-hybridized carbons (Fsp3) is 0. The first kappa shape index (κ1) is 12.0. The summed E-state index contributed by atoms with van der Waals surface area (Å²) in [4.78, 5) is 26.8. The molecule has 1 aromatic carbocycles. The second-order valence-electron chi connectivity index (χ2n) is 3.45. The van der Waals surface area contributed by atoms with Crippen molar-refractivity contribution in [1.82, 2.24) is 15.9 Å². The summed E-state index contributed by atoms with van der Waals surface area (Å²) in [7, 11) is 0. The Morgan fingerprint density at radius 1 is 1.06 bits per heavy atom. The first-order chi connectivity index (χ1) is 8.67. The molecule has 2 aromatic rings. The predicted octanol–water partition coefficient (Wildman–Crippen LogP) is 0.473. The van der Waals surface area contributed by atoms with E-state index in [0.29, 0.717) is 10.9 Å². The van der Waals surface area contributed by atoms with Gasteiger partial charge in [-0.1, -0.05) is 18.2 Å². The van der Waals surface area contributed by atoms with Gasteiger partial charge in [0.05, 0.1) is 11.1 Å². The molecule has 2 rings (SSSR count). The topological polar surface area (TPSA) is 112 Å². The highest BCUT2D eigenvalue weighted by molar-refractivity contribution is 6.08. The van der Waals surface area contributed by atoms with Gasteiger partial charge in [-0.05, 0) is 12.1 Å². The van der Waals surface area contributed by atoms with E-state index in [9.17, 15) is 9.59 Å². The fourth-order valence-electron chi connectivity index (χ4n) is 1.60. The maximum Gasteiger partial charge on any atom is 0.293 e. The van der Waals surface area contributed by atoms with Crippen molar-refractivity contribution in [2.75, 3.05) is 0 Å². The first-order valence-electron chi connectivity index (χ1n) is 4.96. The average molecular weight is 247 g/mol. The number of nitrogens with one attached hydrogen (secondary N) is 2. The second-order valence-corrected chi connectivity index (χ2v) is 3.45. The van der Waals surface area contributed by atoms with Crippen LogP contribution in [0.15, 0.2) is 30.3 Å². The summed E-state index contributed by atoms with van der Waals surface area (Å²) in [6.07, 6.45) is 0. The number of pyridine rings is 1. The van der Waals surface area contributed by atoms with Crippen LogP contribution >= 0.6 is 0 Å². The molecule has 0 aliphatic rings. The Morgan fingerprint density at radius 2 is 1.72 bits per heavy atom. The number of rotatable bonds is 2. The molecule has 0 aliphatic carbocycles. The zero-order valence-electron chi connectivity index (χ0n) is 9.04. The number of aromatic nitrogens is 1. The normalized spacial score (nSPS) is 10.1. The molecular formula is C11H9N3O4. The highest BCUT2D eigenvalue weighted by Gasteiger charge is 2.15. The van der Waals surface area contributed by atoms with Gasteiger partial charge in [-0.2, -0.15) is 0 Å². The molecule has 4 N–H and O–H groups in total. The van der Waals surface area contributed by atoms with Crippen molar-refractivity contribution in [1.29, 1.82) is 0 Å². The van der Waals surface area contributed by atoms with Crippen molar-refractivity contribution >= 4 is 22.7 Å². The van der Waals surface area contributed by atoms with Gasteiger partial charge in [0.25, 0.3) is 11.8 Å². The third-order valence-electron chi connectivity index (χ3n) is 2.40. The molecule has 1 heterocycles. The number of hydrogen-bond acceptors (Lipinski definition) is 5. The van der Waals surface area contributed by atoms with Crippen LogP contribution in [0, 0.1) is 0 Å². The molecule has 0 atom stereocenters. The number of carbonyl (C=O) groups excluding carboxylic acids is 2. The molecule has 0 spiro atoms. The predicted molar refractivity (Wildman–Crippen MR) is 60.2 cm³/mol. The Bertz CT molecular complexity index is 627. The molecule has 18 heavy (non-hydrogen) atoms. The average Bonchev–Trinajstić information content (AvgIpc) is 2.44. The summed E-state index contributed by atoms with van der Waals surface area (Å²) in [5.41, 5.74) is 3.29. The lowest BCUT2D eigenvalue weighted by atomic mass is 10.1. The minimum atomic E-state index is -0.840. The number of amides is 2. The van der Waals surface area contributed by atoms with Crippen molar-refractivity contribution in [3.63, 3.8) is 0 Å². The van der Waals surface area contributed by atoms with E-state index < -0.39 is 11.8 Å². The van der Waals surface area contributed by atoms with E-state index in [1.807, 2.05) is 0 Å². The monoisotopic (exact) mass is 247 g/mol. The van der Waals surface area contributed by atoms with Crippen molar-refractivity contribution in [3.05, 3.63) is 41.6 Å².